The molecule has 0 atom stereocenters. The second-order valence-corrected chi connectivity index (χ2v) is 5.07. The highest BCUT2D eigenvalue weighted by atomic mass is 16.6. The van der Waals surface area contributed by atoms with Gasteiger partial charge >= 0.3 is 5.97 Å². The molecule has 0 aliphatic heterocycles. The van der Waals surface area contributed by atoms with Crippen LogP contribution in [0.2, 0.25) is 0 Å². The molecule has 0 aromatic heterocycles. The fourth-order valence-corrected chi connectivity index (χ4v) is 1.42. The molecule has 0 heterocycles. The van der Waals surface area contributed by atoms with Crippen LogP contribution in [0.15, 0.2) is 18.2 Å². The van der Waals surface area contributed by atoms with Gasteiger partial charge in [-0.1, -0.05) is 11.6 Å². The number of aliphatic hydroxyl groups excluding tert-OH is 1. The lowest BCUT2D eigenvalue weighted by atomic mass is 10.1. The minimum absolute atomic E-state index is 0.0956. The molecular formula is C14H20O4. The molecule has 0 amide bonds. The highest BCUT2D eigenvalue weighted by molar-refractivity contribution is 5.93. The van der Waals surface area contributed by atoms with Crippen LogP contribution < -0.4 is 4.74 Å². The lowest BCUT2D eigenvalue weighted by Crippen LogP contribution is -2.24. The van der Waals surface area contributed by atoms with Gasteiger partial charge in [0.25, 0.3) is 0 Å². The summed E-state index contributed by atoms with van der Waals surface area (Å²) in [4.78, 5) is 12.0. The van der Waals surface area contributed by atoms with Crippen LogP contribution in [-0.4, -0.2) is 29.9 Å². The van der Waals surface area contributed by atoms with Gasteiger partial charge in [0.2, 0.25) is 0 Å². The standard InChI is InChI=1S/C14H20O4/c1-10-5-6-12(17-8-7-15)11(9-10)13(16)18-14(2,3)4/h5-6,9,15H,7-8H2,1-4H3. The van der Waals surface area contributed by atoms with Crippen LogP contribution >= 0.6 is 0 Å². The molecular weight excluding hydrogens is 232 g/mol. The third-order valence-corrected chi connectivity index (χ3v) is 2.10. The Morgan fingerprint density at radius 1 is 1.33 bits per heavy atom. The molecule has 0 unspecified atom stereocenters. The third kappa shape index (κ3) is 4.37. The molecule has 0 spiro atoms. The van der Waals surface area contributed by atoms with Crippen LogP contribution in [0.1, 0.15) is 36.7 Å². The van der Waals surface area contributed by atoms with E-state index in [9.17, 15) is 4.79 Å². The number of hydrogen-bond acceptors (Lipinski definition) is 4. The van der Waals surface area contributed by atoms with Crippen molar-refractivity contribution in [2.24, 2.45) is 0 Å². The monoisotopic (exact) mass is 252 g/mol. The summed E-state index contributed by atoms with van der Waals surface area (Å²) in [6.45, 7) is 7.39. The zero-order chi connectivity index (χ0) is 13.8. The number of carbonyl (C=O) groups excluding carboxylic acids is 1. The van der Waals surface area contributed by atoms with Crippen molar-refractivity contribution in [3.8, 4) is 5.75 Å². The molecule has 100 valence electrons. The molecule has 0 fully saturated rings. The van der Waals surface area contributed by atoms with E-state index in [-0.39, 0.29) is 13.2 Å². The van der Waals surface area contributed by atoms with Gasteiger partial charge in [-0.3, -0.25) is 0 Å². The normalized spacial score (nSPS) is 11.2. The predicted octanol–water partition coefficient (Wildman–Crippen LogP) is 2.32. The fourth-order valence-electron chi connectivity index (χ4n) is 1.42. The van der Waals surface area contributed by atoms with Crippen molar-refractivity contribution in [3.05, 3.63) is 29.3 Å². The summed E-state index contributed by atoms with van der Waals surface area (Å²) in [6.07, 6.45) is 0. The van der Waals surface area contributed by atoms with Gasteiger partial charge < -0.3 is 14.6 Å². The first-order valence-corrected chi connectivity index (χ1v) is 5.91. The zero-order valence-corrected chi connectivity index (χ0v) is 11.3. The van der Waals surface area contributed by atoms with Crippen molar-refractivity contribution in [1.29, 1.82) is 0 Å². The first-order chi connectivity index (χ1) is 8.33. The summed E-state index contributed by atoms with van der Waals surface area (Å²) in [6, 6.07) is 5.28. The van der Waals surface area contributed by atoms with Gasteiger partial charge in [-0.05, 0) is 39.8 Å². The van der Waals surface area contributed by atoms with Crippen molar-refractivity contribution in [2.45, 2.75) is 33.3 Å². The molecule has 4 heteroatoms. The van der Waals surface area contributed by atoms with Gasteiger partial charge in [0.15, 0.2) is 0 Å². The number of rotatable bonds is 4. The molecule has 1 aromatic rings. The Balaban J connectivity index is 2.97. The highest BCUT2D eigenvalue weighted by Crippen LogP contribution is 2.23. The van der Waals surface area contributed by atoms with Gasteiger partial charge in [0, 0.05) is 0 Å². The van der Waals surface area contributed by atoms with Gasteiger partial charge in [-0.15, -0.1) is 0 Å². The number of benzene rings is 1. The first-order valence-electron chi connectivity index (χ1n) is 5.91. The Morgan fingerprint density at radius 3 is 2.56 bits per heavy atom. The Bertz CT molecular complexity index is 418. The maximum absolute atomic E-state index is 12.0. The van der Waals surface area contributed by atoms with Crippen LogP contribution in [0, 0.1) is 6.92 Å². The average Bonchev–Trinajstić information content (AvgIpc) is 2.25. The quantitative estimate of drug-likeness (QED) is 0.835. The zero-order valence-electron chi connectivity index (χ0n) is 11.3. The highest BCUT2D eigenvalue weighted by Gasteiger charge is 2.21. The molecule has 0 bridgehead atoms. The summed E-state index contributed by atoms with van der Waals surface area (Å²) < 4.78 is 10.6. The Hall–Kier alpha value is -1.55. The molecule has 0 radical (unpaired) electrons. The first kappa shape index (κ1) is 14.5. The van der Waals surface area contributed by atoms with Gasteiger partial charge in [-0.25, -0.2) is 4.79 Å². The summed E-state index contributed by atoms with van der Waals surface area (Å²) in [5.41, 5.74) is 0.792. The number of hydrogen-bond donors (Lipinski definition) is 1. The minimum atomic E-state index is -0.547. The van der Waals surface area contributed by atoms with Crippen LogP contribution in [0.3, 0.4) is 0 Å². The molecule has 4 nitrogen and oxygen atoms in total. The van der Waals surface area contributed by atoms with Crippen molar-refractivity contribution in [1.82, 2.24) is 0 Å². The van der Waals surface area contributed by atoms with Gasteiger partial charge in [0.05, 0.1) is 6.61 Å². The average molecular weight is 252 g/mol. The van der Waals surface area contributed by atoms with Gasteiger partial charge in [-0.2, -0.15) is 0 Å². The van der Waals surface area contributed by atoms with E-state index in [1.165, 1.54) is 0 Å². The van der Waals surface area contributed by atoms with Crippen LogP contribution in [0.25, 0.3) is 0 Å². The second-order valence-electron chi connectivity index (χ2n) is 5.07. The van der Waals surface area contributed by atoms with E-state index in [4.69, 9.17) is 14.6 Å². The lowest BCUT2D eigenvalue weighted by Gasteiger charge is -2.20. The third-order valence-electron chi connectivity index (χ3n) is 2.10. The van der Waals surface area contributed by atoms with E-state index in [2.05, 4.69) is 0 Å². The summed E-state index contributed by atoms with van der Waals surface area (Å²) >= 11 is 0. The lowest BCUT2D eigenvalue weighted by molar-refractivity contribution is 0.00650. The van der Waals surface area contributed by atoms with E-state index < -0.39 is 11.6 Å². The molecule has 0 saturated heterocycles. The Morgan fingerprint density at radius 2 is 2.00 bits per heavy atom. The van der Waals surface area contributed by atoms with Crippen LogP contribution in [0.5, 0.6) is 5.75 Å². The molecule has 1 rings (SSSR count). The van der Waals surface area contributed by atoms with Crippen molar-refractivity contribution in [2.75, 3.05) is 13.2 Å². The van der Waals surface area contributed by atoms with E-state index in [1.807, 2.05) is 33.8 Å². The Kier molecular flexibility index (Phi) is 4.73. The van der Waals surface area contributed by atoms with Crippen LogP contribution in [-0.2, 0) is 4.74 Å². The number of carbonyl (C=O) groups is 1. The number of aryl methyl sites for hydroxylation is 1. The topological polar surface area (TPSA) is 55.8 Å². The summed E-state index contributed by atoms with van der Waals surface area (Å²) in [5.74, 6) is 0.0167. The maximum Gasteiger partial charge on any atom is 0.342 e. The minimum Gasteiger partial charge on any atom is -0.490 e. The van der Waals surface area contributed by atoms with Crippen molar-refractivity contribution >= 4 is 5.97 Å². The smallest absolute Gasteiger partial charge is 0.342 e. The Labute approximate surface area is 108 Å². The van der Waals surface area contributed by atoms with E-state index >= 15 is 0 Å². The molecule has 0 aliphatic carbocycles. The summed E-state index contributed by atoms with van der Waals surface area (Å²) in [5, 5.41) is 8.76. The molecule has 1 aromatic carbocycles. The van der Waals surface area contributed by atoms with E-state index in [0.29, 0.717) is 11.3 Å². The predicted molar refractivity (Wildman–Crippen MR) is 68.9 cm³/mol. The maximum atomic E-state index is 12.0. The molecule has 0 aliphatic rings. The molecule has 18 heavy (non-hydrogen) atoms. The van der Waals surface area contributed by atoms with E-state index in [0.717, 1.165) is 5.56 Å². The van der Waals surface area contributed by atoms with Gasteiger partial charge in [0.1, 0.15) is 23.5 Å². The number of ether oxygens (including phenoxy) is 2. The number of esters is 1. The number of aliphatic hydroxyl groups is 1. The molecule has 1 N–H and O–H groups in total. The van der Waals surface area contributed by atoms with Crippen molar-refractivity contribution in [3.63, 3.8) is 0 Å². The van der Waals surface area contributed by atoms with E-state index in [1.54, 1.807) is 12.1 Å². The molecule has 0 saturated carbocycles. The SMILES string of the molecule is Cc1ccc(OCCO)c(C(=O)OC(C)(C)C)c1. The fraction of sp³-hybridized carbons (Fsp3) is 0.500. The van der Waals surface area contributed by atoms with Crippen molar-refractivity contribution < 1.29 is 19.4 Å². The van der Waals surface area contributed by atoms with Crippen LogP contribution in [0.4, 0.5) is 0 Å². The second kappa shape index (κ2) is 5.87. The summed E-state index contributed by atoms with van der Waals surface area (Å²) in [7, 11) is 0. The largest absolute Gasteiger partial charge is 0.490 e.